The molecule has 1 aromatic rings. The molecule has 0 bridgehead atoms. The topological polar surface area (TPSA) is 44.4 Å². The second kappa shape index (κ2) is 10.1. The summed E-state index contributed by atoms with van der Waals surface area (Å²) in [6, 6.07) is 7.87. The first-order valence-corrected chi connectivity index (χ1v) is 8.11. The van der Waals surface area contributed by atoms with Crippen LogP contribution in [0, 0.1) is 0 Å². The number of nitrogens with zero attached hydrogens (tertiary/aromatic N) is 1. The van der Waals surface area contributed by atoms with Crippen molar-refractivity contribution in [1.29, 1.82) is 0 Å². The van der Waals surface area contributed by atoms with Gasteiger partial charge in [-0.05, 0) is 44.5 Å². The summed E-state index contributed by atoms with van der Waals surface area (Å²) in [4.78, 5) is 14.0. The molecular formula is C17H29N3O. The van der Waals surface area contributed by atoms with Gasteiger partial charge in [0.05, 0.1) is 0 Å². The normalized spacial score (nSPS) is 10.2. The van der Waals surface area contributed by atoms with Crippen molar-refractivity contribution in [1.82, 2.24) is 5.32 Å². The molecule has 0 unspecified atom stereocenters. The van der Waals surface area contributed by atoms with Gasteiger partial charge in [0.25, 0.3) is 0 Å². The third-order valence-corrected chi connectivity index (χ3v) is 3.57. The molecule has 0 aliphatic carbocycles. The van der Waals surface area contributed by atoms with Crippen LogP contribution in [-0.2, 0) is 0 Å². The maximum Gasteiger partial charge on any atom is 0.319 e. The summed E-state index contributed by atoms with van der Waals surface area (Å²) in [5.41, 5.74) is 2.02. The summed E-state index contributed by atoms with van der Waals surface area (Å²) in [5.74, 6) is 0. The first-order valence-electron chi connectivity index (χ1n) is 8.11. The summed E-state index contributed by atoms with van der Waals surface area (Å²) >= 11 is 0. The highest BCUT2D eigenvalue weighted by Crippen LogP contribution is 2.17. The lowest BCUT2D eigenvalue weighted by atomic mass is 10.2. The largest absolute Gasteiger partial charge is 0.372 e. The fourth-order valence-corrected chi connectivity index (χ4v) is 2.27. The van der Waals surface area contributed by atoms with Crippen molar-refractivity contribution in [3.05, 3.63) is 24.3 Å². The van der Waals surface area contributed by atoms with Gasteiger partial charge >= 0.3 is 6.03 Å². The molecule has 0 fully saturated rings. The molecule has 0 heterocycles. The summed E-state index contributed by atoms with van der Waals surface area (Å²) in [6.45, 7) is 9.18. The van der Waals surface area contributed by atoms with Gasteiger partial charge in [-0.15, -0.1) is 0 Å². The zero-order valence-electron chi connectivity index (χ0n) is 13.6. The Morgan fingerprint density at radius 1 is 1.00 bits per heavy atom. The van der Waals surface area contributed by atoms with E-state index in [1.807, 2.05) is 24.3 Å². The number of benzene rings is 1. The van der Waals surface area contributed by atoms with Crippen molar-refractivity contribution in [3.8, 4) is 0 Å². The van der Waals surface area contributed by atoms with Gasteiger partial charge < -0.3 is 15.5 Å². The molecule has 4 nitrogen and oxygen atoms in total. The van der Waals surface area contributed by atoms with Crippen molar-refractivity contribution in [3.63, 3.8) is 0 Å². The molecule has 0 saturated heterocycles. The highest BCUT2D eigenvalue weighted by molar-refractivity contribution is 5.89. The summed E-state index contributed by atoms with van der Waals surface area (Å²) in [7, 11) is 0. The molecule has 2 N–H and O–H groups in total. The Balaban J connectivity index is 2.36. The molecule has 0 aliphatic heterocycles. The Bertz CT molecular complexity index is 399. The Morgan fingerprint density at radius 3 is 2.24 bits per heavy atom. The molecule has 0 spiro atoms. The molecule has 1 aromatic carbocycles. The maximum atomic E-state index is 11.7. The SMILES string of the molecule is CCCCCCNC(=O)Nc1ccc(N(CC)CC)cc1. The number of hydrogen-bond acceptors (Lipinski definition) is 2. The number of amides is 2. The predicted octanol–water partition coefficient (Wildman–Crippen LogP) is 4.23. The fraction of sp³-hybridized carbons (Fsp3) is 0.588. The molecule has 0 aromatic heterocycles. The summed E-state index contributed by atoms with van der Waals surface area (Å²) in [6.07, 6.45) is 4.67. The molecule has 1 rings (SSSR count). The Morgan fingerprint density at radius 2 is 1.67 bits per heavy atom. The Hall–Kier alpha value is -1.71. The number of nitrogens with one attached hydrogen (secondary N) is 2. The minimum absolute atomic E-state index is 0.123. The molecule has 4 heteroatoms. The van der Waals surface area contributed by atoms with E-state index in [4.69, 9.17) is 0 Å². The van der Waals surface area contributed by atoms with Crippen LogP contribution in [0.15, 0.2) is 24.3 Å². The standard InChI is InChI=1S/C17H29N3O/c1-4-7-8-9-14-18-17(21)19-15-10-12-16(13-11-15)20(5-2)6-3/h10-13H,4-9,14H2,1-3H3,(H2,18,19,21). The van der Waals surface area contributed by atoms with Crippen LogP contribution in [0.5, 0.6) is 0 Å². The first-order chi connectivity index (χ1) is 10.2. The van der Waals surface area contributed by atoms with Crippen LogP contribution in [-0.4, -0.2) is 25.7 Å². The molecule has 0 aliphatic rings. The number of unbranched alkanes of at least 4 members (excludes halogenated alkanes) is 3. The van der Waals surface area contributed by atoms with Crippen LogP contribution in [0.4, 0.5) is 16.2 Å². The van der Waals surface area contributed by atoms with E-state index < -0.39 is 0 Å². The zero-order valence-corrected chi connectivity index (χ0v) is 13.6. The monoisotopic (exact) mass is 291 g/mol. The minimum Gasteiger partial charge on any atom is -0.372 e. The number of rotatable bonds is 9. The minimum atomic E-state index is -0.123. The van der Waals surface area contributed by atoms with Crippen LogP contribution < -0.4 is 15.5 Å². The summed E-state index contributed by atoms with van der Waals surface area (Å²) in [5, 5.41) is 5.76. The van der Waals surface area contributed by atoms with E-state index in [0.717, 1.165) is 31.7 Å². The van der Waals surface area contributed by atoms with Gasteiger partial charge in [0.15, 0.2) is 0 Å². The van der Waals surface area contributed by atoms with E-state index >= 15 is 0 Å². The molecular weight excluding hydrogens is 262 g/mol. The van der Waals surface area contributed by atoms with Crippen molar-refractivity contribution in [2.75, 3.05) is 29.9 Å². The van der Waals surface area contributed by atoms with Crippen LogP contribution >= 0.6 is 0 Å². The number of hydrogen-bond donors (Lipinski definition) is 2. The van der Waals surface area contributed by atoms with Gasteiger partial charge in [-0.2, -0.15) is 0 Å². The molecule has 0 radical (unpaired) electrons. The quantitative estimate of drug-likeness (QED) is 0.669. The lowest BCUT2D eigenvalue weighted by Gasteiger charge is -2.21. The van der Waals surface area contributed by atoms with E-state index in [2.05, 4.69) is 36.3 Å². The van der Waals surface area contributed by atoms with Gasteiger partial charge in [-0.1, -0.05) is 26.2 Å². The van der Waals surface area contributed by atoms with E-state index in [9.17, 15) is 4.79 Å². The number of carbonyl (C=O) groups is 1. The van der Waals surface area contributed by atoms with Crippen molar-refractivity contribution >= 4 is 17.4 Å². The van der Waals surface area contributed by atoms with E-state index in [0.29, 0.717) is 0 Å². The number of carbonyl (C=O) groups excluding carboxylic acids is 1. The third kappa shape index (κ3) is 6.52. The van der Waals surface area contributed by atoms with Crippen molar-refractivity contribution < 1.29 is 4.79 Å². The Labute approximate surface area is 128 Å². The highest BCUT2D eigenvalue weighted by atomic mass is 16.2. The smallest absolute Gasteiger partial charge is 0.319 e. The molecule has 118 valence electrons. The van der Waals surface area contributed by atoms with Crippen LogP contribution in [0.25, 0.3) is 0 Å². The van der Waals surface area contributed by atoms with Crippen LogP contribution in [0.2, 0.25) is 0 Å². The Kier molecular flexibility index (Phi) is 8.32. The van der Waals surface area contributed by atoms with Gasteiger partial charge in [0.1, 0.15) is 0 Å². The third-order valence-electron chi connectivity index (χ3n) is 3.57. The average Bonchev–Trinajstić information content (AvgIpc) is 2.50. The van der Waals surface area contributed by atoms with Gasteiger partial charge in [-0.3, -0.25) is 0 Å². The first kappa shape index (κ1) is 17.3. The van der Waals surface area contributed by atoms with Crippen molar-refractivity contribution in [2.24, 2.45) is 0 Å². The number of urea groups is 1. The molecule has 0 atom stereocenters. The summed E-state index contributed by atoms with van der Waals surface area (Å²) < 4.78 is 0. The highest BCUT2D eigenvalue weighted by Gasteiger charge is 2.03. The predicted molar refractivity (Wildman–Crippen MR) is 91.2 cm³/mol. The second-order valence-electron chi connectivity index (χ2n) is 5.16. The maximum absolute atomic E-state index is 11.7. The zero-order chi connectivity index (χ0) is 15.5. The van der Waals surface area contributed by atoms with Gasteiger partial charge in [-0.25, -0.2) is 4.79 Å². The second-order valence-corrected chi connectivity index (χ2v) is 5.16. The lowest BCUT2D eigenvalue weighted by Crippen LogP contribution is -2.29. The molecule has 0 saturated carbocycles. The van der Waals surface area contributed by atoms with Crippen molar-refractivity contribution in [2.45, 2.75) is 46.5 Å². The van der Waals surface area contributed by atoms with Gasteiger partial charge in [0.2, 0.25) is 0 Å². The lowest BCUT2D eigenvalue weighted by molar-refractivity contribution is 0.252. The average molecular weight is 291 g/mol. The van der Waals surface area contributed by atoms with Crippen LogP contribution in [0.3, 0.4) is 0 Å². The van der Waals surface area contributed by atoms with E-state index in [1.54, 1.807) is 0 Å². The number of anilines is 2. The van der Waals surface area contributed by atoms with E-state index in [-0.39, 0.29) is 6.03 Å². The van der Waals surface area contributed by atoms with E-state index in [1.165, 1.54) is 24.9 Å². The van der Waals surface area contributed by atoms with Gasteiger partial charge in [0, 0.05) is 31.0 Å². The fourth-order valence-electron chi connectivity index (χ4n) is 2.27. The molecule has 21 heavy (non-hydrogen) atoms. The van der Waals surface area contributed by atoms with Crippen LogP contribution in [0.1, 0.15) is 46.5 Å². The molecule has 2 amide bonds.